The molecule has 0 spiro atoms. The third-order valence-electron chi connectivity index (χ3n) is 5.08. The lowest BCUT2D eigenvalue weighted by Gasteiger charge is -2.26. The van der Waals surface area contributed by atoms with E-state index in [4.69, 9.17) is 0 Å². The van der Waals surface area contributed by atoms with E-state index in [0.29, 0.717) is 24.0 Å². The number of hydrogen-bond acceptors (Lipinski definition) is 6. The van der Waals surface area contributed by atoms with Crippen LogP contribution in [-0.2, 0) is 15.6 Å². The average molecular weight is 351 g/mol. The van der Waals surface area contributed by atoms with E-state index in [9.17, 15) is 13.2 Å². The monoisotopic (exact) mass is 351 g/mol. The van der Waals surface area contributed by atoms with E-state index in [-0.39, 0.29) is 24.2 Å². The van der Waals surface area contributed by atoms with Gasteiger partial charge in [-0.1, -0.05) is 0 Å². The van der Waals surface area contributed by atoms with Crippen LogP contribution in [0.3, 0.4) is 0 Å². The second kappa shape index (κ2) is 5.58. The highest BCUT2D eigenvalue weighted by atomic mass is 32.2. The number of sulfone groups is 1. The Kier molecular flexibility index (Phi) is 3.63. The van der Waals surface area contributed by atoms with E-state index in [1.165, 1.54) is 12.8 Å². The Balaban J connectivity index is 1.64. The van der Waals surface area contributed by atoms with Crippen LogP contribution in [0.2, 0.25) is 0 Å². The maximum absolute atomic E-state index is 12.6. The largest absolute Gasteiger partial charge is 0.354 e. The molecule has 0 aromatic carbocycles. The Morgan fingerprint density at radius 1 is 1.38 bits per heavy atom. The number of hydrogen-bond donors (Lipinski definition) is 2. The molecule has 1 saturated heterocycles. The minimum absolute atomic E-state index is 0.0476. The molecule has 2 N–H and O–H groups in total. The number of carbonyl (C=O) groups is 1. The molecule has 8 nitrogen and oxygen atoms in total. The molecule has 0 unspecified atom stereocenters. The van der Waals surface area contributed by atoms with Crippen molar-refractivity contribution in [2.45, 2.75) is 29.8 Å². The topological polar surface area (TPSA) is 104 Å². The molecule has 2 fully saturated rings. The Morgan fingerprint density at radius 3 is 2.88 bits per heavy atom. The van der Waals surface area contributed by atoms with Crippen molar-refractivity contribution >= 4 is 21.8 Å². The normalized spacial score (nSPS) is 27.3. The highest BCUT2D eigenvalue weighted by Gasteiger charge is 2.48. The fourth-order valence-electron chi connectivity index (χ4n) is 3.54. The van der Waals surface area contributed by atoms with Gasteiger partial charge in [-0.15, -0.1) is 0 Å². The van der Waals surface area contributed by atoms with Gasteiger partial charge in [-0.2, -0.15) is 0 Å². The minimum atomic E-state index is -3.30. The number of aromatic nitrogens is 2. The molecule has 1 saturated carbocycles. The number of urea groups is 1. The van der Waals surface area contributed by atoms with Crippen LogP contribution in [0.4, 0.5) is 10.7 Å². The molecule has 0 radical (unpaired) electrons. The first kappa shape index (κ1) is 15.6. The summed E-state index contributed by atoms with van der Waals surface area (Å²) in [6.45, 7) is 1.45. The molecule has 0 bridgehead atoms. The zero-order chi connectivity index (χ0) is 16.9. The molecule has 9 heteroatoms. The first-order valence-electron chi connectivity index (χ1n) is 8.26. The fourth-order valence-corrected chi connectivity index (χ4v) is 5.54. The number of amides is 2. The van der Waals surface area contributed by atoms with E-state index < -0.39 is 15.1 Å². The first-order chi connectivity index (χ1) is 11.5. The number of nitrogens with zero attached hydrogens (tertiary/aromatic N) is 3. The summed E-state index contributed by atoms with van der Waals surface area (Å²) in [4.78, 5) is 22.3. The molecule has 4 rings (SSSR count). The molecule has 1 aromatic rings. The summed E-state index contributed by atoms with van der Waals surface area (Å²) in [6.07, 6.45) is 4.10. The lowest BCUT2D eigenvalue weighted by Crippen LogP contribution is -2.38. The molecule has 1 aromatic heterocycles. The van der Waals surface area contributed by atoms with Crippen molar-refractivity contribution in [3.8, 4) is 0 Å². The summed E-state index contributed by atoms with van der Waals surface area (Å²) in [6, 6.07) is -0.248. The predicted molar refractivity (Wildman–Crippen MR) is 88.4 cm³/mol. The SMILES string of the molecule is CNC(=O)N1C[C@H]2c3nc(NCC4CC4)ncc3CS(=O)(=O)[C@H]2C1. The molecule has 24 heavy (non-hydrogen) atoms. The van der Waals surface area contributed by atoms with Gasteiger partial charge in [-0.05, 0) is 18.8 Å². The predicted octanol–water partition coefficient (Wildman–Crippen LogP) is 0.334. The van der Waals surface area contributed by atoms with Crippen LogP contribution < -0.4 is 10.6 Å². The Bertz CT molecular complexity index is 777. The zero-order valence-corrected chi connectivity index (χ0v) is 14.3. The van der Waals surface area contributed by atoms with Crippen molar-refractivity contribution in [3.05, 3.63) is 17.5 Å². The minimum Gasteiger partial charge on any atom is -0.354 e. The summed E-state index contributed by atoms with van der Waals surface area (Å²) >= 11 is 0. The highest BCUT2D eigenvalue weighted by molar-refractivity contribution is 7.91. The third-order valence-corrected chi connectivity index (χ3v) is 7.19. The molecule has 1 aliphatic carbocycles. The summed E-state index contributed by atoms with van der Waals surface area (Å²) in [5, 5.41) is 5.23. The van der Waals surface area contributed by atoms with Crippen molar-refractivity contribution in [2.24, 2.45) is 5.92 Å². The van der Waals surface area contributed by atoms with E-state index in [0.717, 1.165) is 12.2 Å². The van der Waals surface area contributed by atoms with Gasteiger partial charge in [0.25, 0.3) is 0 Å². The van der Waals surface area contributed by atoms with Gasteiger partial charge >= 0.3 is 6.03 Å². The standard InChI is InChI=1S/C15H21N5O3S/c1-16-15(21)20-6-11-12(7-20)24(22,23)8-10-5-18-14(19-13(10)11)17-4-9-2-3-9/h5,9,11-12H,2-4,6-8H2,1H3,(H,16,21)(H,17,18,19)/t11-,12+/m1/s1. The van der Waals surface area contributed by atoms with E-state index in [1.54, 1.807) is 18.1 Å². The van der Waals surface area contributed by atoms with E-state index in [2.05, 4.69) is 20.6 Å². The van der Waals surface area contributed by atoms with Crippen LogP contribution in [0.25, 0.3) is 0 Å². The van der Waals surface area contributed by atoms with Crippen LogP contribution in [0.1, 0.15) is 30.0 Å². The summed E-state index contributed by atoms with van der Waals surface area (Å²) in [7, 11) is -1.75. The lowest BCUT2D eigenvalue weighted by molar-refractivity contribution is 0.210. The van der Waals surface area contributed by atoms with Crippen molar-refractivity contribution in [1.29, 1.82) is 0 Å². The Hall–Kier alpha value is -1.90. The van der Waals surface area contributed by atoms with Crippen molar-refractivity contribution in [1.82, 2.24) is 20.2 Å². The summed E-state index contributed by atoms with van der Waals surface area (Å²) < 4.78 is 25.1. The van der Waals surface area contributed by atoms with Crippen molar-refractivity contribution in [3.63, 3.8) is 0 Å². The van der Waals surface area contributed by atoms with Gasteiger partial charge in [0.1, 0.15) is 0 Å². The molecule has 3 aliphatic rings. The fraction of sp³-hybridized carbons (Fsp3) is 0.667. The number of nitrogens with one attached hydrogen (secondary N) is 2. The number of anilines is 1. The molecular formula is C15H21N5O3S. The zero-order valence-electron chi connectivity index (χ0n) is 13.5. The molecule has 3 heterocycles. The van der Waals surface area contributed by atoms with Crippen LogP contribution in [0, 0.1) is 5.92 Å². The van der Waals surface area contributed by atoms with Crippen LogP contribution in [-0.4, -0.2) is 61.2 Å². The highest BCUT2D eigenvalue weighted by Crippen LogP contribution is 2.39. The van der Waals surface area contributed by atoms with Crippen LogP contribution in [0.15, 0.2) is 6.20 Å². The third kappa shape index (κ3) is 2.70. The van der Waals surface area contributed by atoms with Gasteiger partial charge in [0.2, 0.25) is 5.95 Å². The maximum Gasteiger partial charge on any atom is 0.317 e. The van der Waals surface area contributed by atoms with Gasteiger partial charge in [0.15, 0.2) is 9.84 Å². The molecule has 2 amide bonds. The van der Waals surface area contributed by atoms with Crippen LogP contribution in [0.5, 0.6) is 0 Å². The van der Waals surface area contributed by atoms with E-state index >= 15 is 0 Å². The van der Waals surface area contributed by atoms with Crippen molar-refractivity contribution < 1.29 is 13.2 Å². The van der Waals surface area contributed by atoms with Gasteiger partial charge in [0.05, 0.1) is 16.7 Å². The lowest BCUT2D eigenvalue weighted by atomic mass is 10.00. The van der Waals surface area contributed by atoms with Gasteiger partial charge in [0, 0.05) is 44.4 Å². The number of carbonyl (C=O) groups excluding carboxylic acids is 1. The van der Waals surface area contributed by atoms with Crippen molar-refractivity contribution in [2.75, 3.05) is 32.0 Å². The average Bonchev–Trinajstić information content (AvgIpc) is 3.27. The Morgan fingerprint density at radius 2 is 2.17 bits per heavy atom. The molecular weight excluding hydrogens is 330 g/mol. The van der Waals surface area contributed by atoms with Gasteiger partial charge in [-0.3, -0.25) is 0 Å². The van der Waals surface area contributed by atoms with E-state index in [1.807, 2.05) is 0 Å². The number of rotatable bonds is 3. The molecule has 2 atom stereocenters. The summed E-state index contributed by atoms with van der Waals surface area (Å²) in [5.74, 6) is 0.930. The first-order valence-corrected chi connectivity index (χ1v) is 9.97. The Labute approximate surface area is 141 Å². The molecule has 2 aliphatic heterocycles. The maximum atomic E-state index is 12.6. The number of likely N-dealkylation sites (tertiary alicyclic amines) is 1. The van der Waals surface area contributed by atoms with Crippen LogP contribution >= 0.6 is 0 Å². The number of fused-ring (bicyclic) bond motifs is 3. The molecule has 130 valence electrons. The quantitative estimate of drug-likeness (QED) is 0.813. The summed E-state index contributed by atoms with van der Waals surface area (Å²) in [5.41, 5.74) is 1.43. The van der Waals surface area contributed by atoms with Gasteiger partial charge < -0.3 is 15.5 Å². The second-order valence-electron chi connectivity index (χ2n) is 6.84. The smallest absolute Gasteiger partial charge is 0.317 e. The second-order valence-corrected chi connectivity index (χ2v) is 9.06. The van der Waals surface area contributed by atoms with Gasteiger partial charge in [-0.25, -0.2) is 23.2 Å².